The van der Waals surface area contributed by atoms with E-state index < -0.39 is 23.4 Å². The first-order valence-corrected chi connectivity index (χ1v) is 6.76. The van der Waals surface area contributed by atoms with Gasteiger partial charge in [0.05, 0.1) is 6.61 Å². The molecule has 7 nitrogen and oxygen atoms in total. The van der Waals surface area contributed by atoms with Crippen LogP contribution in [0.5, 0.6) is 5.75 Å². The fourth-order valence-corrected chi connectivity index (χ4v) is 2.05. The van der Waals surface area contributed by atoms with E-state index in [0.29, 0.717) is 30.8 Å². The summed E-state index contributed by atoms with van der Waals surface area (Å²) >= 11 is 0. The molecule has 1 unspecified atom stereocenters. The molecule has 1 atom stereocenters. The minimum atomic E-state index is -0.957. The van der Waals surface area contributed by atoms with Crippen LogP contribution in [0.1, 0.15) is 30.1 Å². The molecule has 1 saturated carbocycles. The van der Waals surface area contributed by atoms with Gasteiger partial charge in [-0.1, -0.05) is 0 Å². The second-order valence-corrected chi connectivity index (χ2v) is 5.07. The third-order valence-electron chi connectivity index (χ3n) is 3.48. The van der Waals surface area contributed by atoms with Gasteiger partial charge in [-0.05, 0) is 44.0 Å². The van der Waals surface area contributed by atoms with Crippen molar-refractivity contribution < 1.29 is 19.5 Å². The molecule has 0 spiro atoms. The van der Waals surface area contributed by atoms with Crippen molar-refractivity contribution in [1.29, 1.82) is 0 Å². The molecular formula is C14H19N3O4. The van der Waals surface area contributed by atoms with Crippen molar-refractivity contribution in [2.45, 2.75) is 31.3 Å². The maximum absolute atomic E-state index is 12.1. The second-order valence-electron chi connectivity index (χ2n) is 5.07. The van der Waals surface area contributed by atoms with Crippen LogP contribution in [0.4, 0.5) is 0 Å². The zero-order chi connectivity index (χ0) is 15.5. The van der Waals surface area contributed by atoms with Crippen LogP contribution in [0.3, 0.4) is 0 Å². The van der Waals surface area contributed by atoms with Crippen LogP contribution in [-0.4, -0.2) is 35.2 Å². The van der Waals surface area contributed by atoms with E-state index in [1.807, 2.05) is 6.92 Å². The maximum atomic E-state index is 12.1. The topological polar surface area (TPSA) is 114 Å². The van der Waals surface area contributed by atoms with E-state index in [9.17, 15) is 9.59 Å². The summed E-state index contributed by atoms with van der Waals surface area (Å²) in [6, 6.07) is 5.60. The van der Waals surface area contributed by atoms with Gasteiger partial charge in [0, 0.05) is 11.1 Å². The van der Waals surface area contributed by atoms with Crippen LogP contribution >= 0.6 is 0 Å². The first-order chi connectivity index (χ1) is 10.00. The molecule has 0 heterocycles. The van der Waals surface area contributed by atoms with Gasteiger partial charge in [-0.15, -0.1) is 0 Å². The third kappa shape index (κ3) is 3.50. The lowest BCUT2D eigenvalue weighted by atomic mass is 10.1. The number of nitrogens with two attached hydrogens (primary N) is 1. The predicted octanol–water partition coefficient (Wildman–Crippen LogP) is 0.180. The van der Waals surface area contributed by atoms with Gasteiger partial charge in [-0.25, -0.2) is 5.48 Å². The Balaban J connectivity index is 2.06. The van der Waals surface area contributed by atoms with Gasteiger partial charge in [-0.3, -0.25) is 14.8 Å². The van der Waals surface area contributed by atoms with Gasteiger partial charge in [0.25, 0.3) is 11.8 Å². The lowest BCUT2D eigenvalue weighted by molar-refractivity contribution is -0.131. The highest BCUT2D eigenvalue weighted by Gasteiger charge is 2.50. The van der Waals surface area contributed by atoms with Gasteiger partial charge in [-0.2, -0.15) is 0 Å². The summed E-state index contributed by atoms with van der Waals surface area (Å²) < 4.78 is 5.29. The molecule has 0 radical (unpaired) electrons. The van der Waals surface area contributed by atoms with Crippen molar-refractivity contribution in [3.8, 4) is 5.75 Å². The van der Waals surface area contributed by atoms with Gasteiger partial charge in [0.15, 0.2) is 0 Å². The summed E-state index contributed by atoms with van der Waals surface area (Å²) in [5.74, 6) is -0.478. The highest BCUT2D eigenvalue weighted by molar-refractivity contribution is 5.98. The summed E-state index contributed by atoms with van der Waals surface area (Å²) in [4.78, 5) is 23.8. The smallest absolute Gasteiger partial charge is 0.267 e. The number of hydrogen-bond donors (Lipinski definition) is 4. The zero-order valence-electron chi connectivity index (χ0n) is 11.8. The van der Waals surface area contributed by atoms with E-state index >= 15 is 0 Å². The molecule has 1 aliphatic rings. The van der Waals surface area contributed by atoms with Crippen LogP contribution in [0.25, 0.3) is 0 Å². The van der Waals surface area contributed by atoms with E-state index in [-0.39, 0.29) is 0 Å². The Morgan fingerprint density at radius 3 is 2.48 bits per heavy atom. The van der Waals surface area contributed by atoms with Crippen LogP contribution in [0, 0.1) is 0 Å². The van der Waals surface area contributed by atoms with Gasteiger partial charge in [0.1, 0.15) is 11.8 Å². The molecule has 114 valence electrons. The van der Waals surface area contributed by atoms with Crippen molar-refractivity contribution in [3.05, 3.63) is 29.8 Å². The van der Waals surface area contributed by atoms with Crippen molar-refractivity contribution in [3.63, 3.8) is 0 Å². The number of hydroxylamine groups is 1. The molecular weight excluding hydrogens is 274 g/mol. The lowest BCUT2D eigenvalue weighted by Crippen LogP contribution is -2.57. The van der Waals surface area contributed by atoms with Gasteiger partial charge in [0.2, 0.25) is 0 Å². The Kier molecular flexibility index (Phi) is 4.44. The Morgan fingerprint density at radius 2 is 2.00 bits per heavy atom. The van der Waals surface area contributed by atoms with Gasteiger partial charge < -0.3 is 15.8 Å². The van der Waals surface area contributed by atoms with Crippen molar-refractivity contribution in [1.82, 2.24) is 10.8 Å². The number of hydrogen-bond acceptors (Lipinski definition) is 5. The molecule has 21 heavy (non-hydrogen) atoms. The Bertz CT molecular complexity index is 526. The second kappa shape index (κ2) is 6.11. The number of ether oxygens (including phenoxy) is 1. The minimum Gasteiger partial charge on any atom is -0.494 e. The lowest BCUT2D eigenvalue weighted by Gasteiger charge is -2.22. The van der Waals surface area contributed by atoms with Crippen LogP contribution in [-0.2, 0) is 4.79 Å². The minimum absolute atomic E-state index is 0.387. The SMILES string of the molecule is CCOc1ccc(C(=O)NC(C(=O)NO)C2(N)CC2)cc1. The molecule has 7 heteroatoms. The fraction of sp³-hybridized carbons (Fsp3) is 0.429. The van der Waals surface area contributed by atoms with E-state index in [2.05, 4.69) is 5.32 Å². The summed E-state index contributed by atoms with van der Waals surface area (Å²) in [6.45, 7) is 2.41. The summed E-state index contributed by atoms with van der Waals surface area (Å²) in [7, 11) is 0. The number of nitrogens with one attached hydrogen (secondary N) is 2. The van der Waals surface area contributed by atoms with E-state index in [1.54, 1.807) is 29.7 Å². The highest BCUT2D eigenvalue weighted by atomic mass is 16.5. The van der Waals surface area contributed by atoms with Crippen molar-refractivity contribution in [2.75, 3.05) is 6.61 Å². The Hall–Kier alpha value is -2.12. The van der Waals surface area contributed by atoms with E-state index in [0.717, 1.165) is 0 Å². The predicted molar refractivity (Wildman–Crippen MR) is 74.9 cm³/mol. The first kappa shape index (κ1) is 15.3. The number of carbonyl (C=O) groups is 2. The summed E-state index contributed by atoms with van der Waals surface area (Å²) in [6.07, 6.45) is 1.24. The molecule has 1 aliphatic carbocycles. The molecule has 0 aromatic heterocycles. The molecule has 1 aromatic rings. The molecule has 0 saturated heterocycles. The Labute approximate surface area is 122 Å². The molecule has 1 fully saturated rings. The number of amides is 2. The van der Waals surface area contributed by atoms with Crippen LogP contribution in [0.2, 0.25) is 0 Å². The van der Waals surface area contributed by atoms with Gasteiger partial charge >= 0.3 is 0 Å². The molecule has 0 bridgehead atoms. The quantitative estimate of drug-likeness (QED) is 0.441. The standard InChI is InChI=1S/C14H19N3O4/c1-2-21-10-5-3-9(4-6-10)12(18)16-11(13(19)17-20)14(15)7-8-14/h3-6,11,20H,2,7-8,15H2,1H3,(H,16,18)(H,17,19). The van der Waals surface area contributed by atoms with E-state index in [1.165, 1.54) is 0 Å². The fourth-order valence-electron chi connectivity index (χ4n) is 2.05. The van der Waals surface area contributed by atoms with Crippen LogP contribution < -0.4 is 21.3 Å². The maximum Gasteiger partial charge on any atom is 0.267 e. The third-order valence-corrected chi connectivity index (χ3v) is 3.48. The average molecular weight is 293 g/mol. The molecule has 0 aliphatic heterocycles. The normalized spacial score (nSPS) is 16.7. The van der Waals surface area contributed by atoms with E-state index in [4.69, 9.17) is 15.7 Å². The average Bonchev–Trinajstić information content (AvgIpc) is 3.23. The number of carbonyl (C=O) groups excluding carboxylic acids is 2. The molecule has 5 N–H and O–H groups in total. The Morgan fingerprint density at radius 1 is 1.38 bits per heavy atom. The molecule has 2 amide bonds. The number of benzene rings is 1. The summed E-state index contributed by atoms with van der Waals surface area (Å²) in [5.41, 5.74) is 7.09. The monoisotopic (exact) mass is 293 g/mol. The van der Waals surface area contributed by atoms with Crippen molar-refractivity contribution in [2.24, 2.45) is 5.73 Å². The number of rotatable bonds is 6. The highest BCUT2D eigenvalue weighted by Crippen LogP contribution is 2.36. The molecule has 2 rings (SSSR count). The largest absolute Gasteiger partial charge is 0.494 e. The van der Waals surface area contributed by atoms with Crippen LogP contribution in [0.15, 0.2) is 24.3 Å². The first-order valence-electron chi connectivity index (χ1n) is 6.76. The summed E-state index contributed by atoms with van der Waals surface area (Å²) in [5, 5.41) is 11.3. The van der Waals surface area contributed by atoms with Crippen molar-refractivity contribution >= 4 is 11.8 Å². The molecule has 1 aromatic carbocycles. The zero-order valence-corrected chi connectivity index (χ0v) is 11.8.